The molecule has 0 radical (unpaired) electrons. The SMILES string of the molecule is CCON(Cc1ccc(Oc2ccccc2)cc1)C(=O)c1ncn(-c2cc(Cl)c(O)c(Cl)c2)n1.COc1ccc(COc2c(Cl)cc(-n3cnc(C(=O)N(O)Cc4ccc(Oc5ccccc5)cc4)n3)cc2Cl)cc1.COc1ccc(COc2c(Cl)cc(-n3cnc(C(=O)O)n3)cc2Cl)cc1.[2HH]. The molecule has 3 heterocycles. The summed E-state index contributed by atoms with van der Waals surface area (Å²) in [6.45, 7) is 2.70. The van der Waals surface area contributed by atoms with Crippen molar-refractivity contribution < 1.29 is 64.5 Å². The summed E-state index contributed by atoms with van der Waals surface area (Å²) < 4.78 is 37.3. The van der Waals surface area contributed by atoms with Gasteiger partial charge >= 0.3 is 17.8 Å². The molecule has 0 aliphatic rings. The maximum atomic E-state index is 13.0. The number of carbonyl (C=O) groups is 3. The summed E-state index contributed by atoms with van der Waals surface area (Å²) in [7, 11) is 3.20. The highest BCUT2D eigenvalue weighted by molar-refractivity contribution is 6.38. The minimum atomic E-state index is -1.22. The van der Waals surface area contributed by atoms with Crippen LogP contribution in [-0.2, 0) is 31.1 Å². The minimum Gasteiger partial charge on any atom is -0.505 e. The molecule has 101 heavy (non-hydrogen) atoms. The number of nitrogens with zero attached hydrogens (tertiary/aromatic N) is 11. The molecule has 30 heteroatoms. The number of hydrogen-bond acceptors (Lipinski definition) is 18. The molecular weight excluding hydrogens is 1430 g/mol. The number of halogens is 6. The molecule has 24 nitrogen and oxygen atoms in total. The Morgan fingerprint density at radius 1 is 0.446 bits per heavy atom. The van der Waals surface area contributed by atoms with E-state index < -0.39 is 17.8 Å². The fourth-order valence-electron chi connectivity index (χ4n) is 9.07. The zero-order chi connectivity index (χ0) is 71.5. The van der Waals surface area contributed by atoms with Gasteiger partial charge in [0.1, 0.15) is 66.7 Å². The Bertz CT molecular complexity index is 4730. The second-order valence-corrected chi connectivity index (χ2v) is 23.5. The minimum absolute atomic E-state index is 0. The summed E-state index contributed by atoms with van der Waals surface area (Å²) in [5.74, 6) is 1.55. The number of carboxylic acid groups (broad SMARTS) is 1. The van der Waals surface area contributed by atoms with E-state index in [1.165, 1.54) is 50.2 Å². The highest BCUT2D eigenvalue weighted by Crippen LogP contribution is 2.38. The molecule has 0 spiro atoms. The Morgan fingerprint density at radius 3 is 1.16 bits per heavy atom. The standard InChI is InChI=1S/C30H24Cl2N4O5.C24H20Cl2N4O4.C17H13Cl2N3O4.H2/c1-39-23-11-9-21(10-12-23)18-40-28-26(31)15-22(16-27(28)32)35-19-33-29(34-35)30(37)36(38)17-20-7-13-25(14-8-20)41-24-5-3-2-4-6-24;1-2-33-30(14-16-8-10-19(11-9-16)34-18-6-4-3-5-7-18)24(32)23-27-15-29(28-23)17-12-20(25)22(31)21(26)13-17;1-25-12-4-2-10(3-5-12)8-26-15-13(18)6-11(7-14(15)19)22-9-20-16(21-22)17(23)24;/h2-16,19,38H,17-18H2,1H3;3-13,15,31H,2,14H2,1H3;2-7,9H,8H2,1H3,(H,23,24);1H/i;;;1+1. The Labute approximate surface area is 608 Å². The van der Waals surface area contributed by atoms with Crippen LogP contribution in [0.5, 0.6) is 51.7 Å². The molecule has 12 aromatic rings. The van der Waals surface area contributed by atoms with Gasteiger partial charge in [0, 0.05) is 1.43 Å². The quantitative estimate of drug-likeness (QED) is 0.0374. The van der Waals surface area contributed by atoms with Gasteiger partial charge in [0.25, 0.3) is 5.82 Å². The van der Waals surface area contributed by atoms with E-state index in [2.05, 4.69) is 30.2 Å². The fraction of sp³-hybridized carbons (Fsp3) is 0.113. The summed E-state index contributed by atoms with van der Waals surface area (Å²) in [6, 6.07) is 57.3. The molecule has 0 saturated carbocycles. The predicted octanol–water partition coefficient (Wildman–Crippen LogP) is 16.8. The third kappa shape index (κ3) is 19.7. The second-order valence-electron chi connectivity index (χ2n) is 21.1. The van der Waals surface area contributed by atoms with Crippen molar-refractivity contribution in [3.05, 3.63) is 283 Å². The number of aromatic nitrogens is 9. The van der Waals surface area contributed by atoms with E-state index in [9.17, 15) is 24.7 Å². The molecule has 0 aliphatic heterocycles. The lowest BCUT2D eigenvalue weighted by Gasteiger charge is -2.20. The van der Waals surface area contributed by atoms with Gasteiger partial charge in [0.15, 0.2) is 17.2 Å². The zero-order valence-electron chi connectivity index (χ0n) is 53.4. The van der Waals surface area contributed by atoms with Crippen LogP contribution in [0, 0.1) is 0 Å². The number of methoxy groups -OCH3 is 2. The normalized spacial score (nSPS) is 10.7. The van der Waals surface area contributed by atoms with Gasteiger partial charge in [-0.15, -0.1) is 15.3 Å². The van der Waals surface area contributed by atoms with Gasteiger partial charge in [0.05, 0.1) is 81.1 Å². The Morgan fingerprint density at radius 2 is 0.782 bits per heavy atom. The number of carbonyl (C=O) groups excluding carboxylic acids is 2. The van der Waals surface area contributed by atoms with Crippen molar-refractivity contribution in [2.75, 3.05) is 20.8 Å². The fourth-order valence-corrected chi connectivity index (χ4v) is 10.7. The van der Waals surface area contributed by atoms with Crippen molar-refractivity contribution in [2.45, 2.75) is 33.2 Å². The molecule has 9 aromatic carbocycles. The molecule has 518 valence electrons. The number of phenols is 1. The van der Waals surface area contributed by atoms with E-state index >= 15 is 0 Å². The topological polar surface area (TPSA) is 275 Å². The second kappa shape index (κ2) is 34.7. The highest BCUT2D eigenvalue weighted by atomic mass is 35.5. The van der Waals surface area contributed by atoms with Crippen molar-refractivity contribution in [3.63, 3.8) is 0 Å². The molecule has 0 fully saturated rings. The van der Waals surface area contributed by atoms with E-state index in [1.54, 1.807) is 69.7 Å². The van der Waals surface area contributed by atoms with Crippen molar-refractivity contribution in [1.82, 2.24) is 54.4 Å². The van der Waals surface area contributed by atoms with Crippen molar-refractivity contribution >= 4 is 87.4 Å². The summed E-state index contributed by atoms with van der Waals surface area (Å²) in [6.07, 6.45) is 3.95. The summed E-state index contributed by atoms with van der Waals surface area (Å²) in [5.41, 5.74) is 4.72. The van der Waals surface area contributed by atoms with E-state index in [0.717, 1.165) is 33.9 Å². The van der Waals surface area contributed by atoms with Gasteiger partial charge in [-0.3, -0.25) is 19.6 Å². The number of hydroxylamine groups is 4. The number of amides is 2. The van der Waals surface area contributed by atoms with E-state index in [4.69, 9.17) is 108 Å². The van der Waals surface area contributed by atoms with Crippen LogP contribution in [0.1, 0.15) is 62.5 Å². The lowest BCUT2D eigenvalue weighted by molar-refractivity contribution is -0.125. The number of ether oxygens (including phenoxy) is 6. The molecule has 3 aromatic heterocycles. The molecule has 0 atom stereocenters. The molecule has 0 saturated heterocycles. The summed E-state index contributed by atoms with van der Waals surface area (Å²) >= 11 is 37.4. The maximum absolute atomic E-state index is 13.0. The van der Waals surface area contributed by atoms with Crippen LogP contribution < -0.4 is 28.4 Å². The number of benzene rings is 9. The van der Waals surface area contributed by atoms with Gasteiger partial charge in [-0.25, -0.2) is 43.9 Å². The first-order chi connectivity index (χ1) is 48.8. The monoisotopic (exact) mass is 1480 g/mol. The lowest BCUT2D eigenvalue weighted by Crippen LogP contribution is -2.31. The third-order valence-electron chi connectivity index (χ3n) is 14.1. The van der Waals surface area contributed by atoms with Gasteiger partial charge < -0.3 is 38.6 Å². The molecule has 0 unspecified atom stereocenters. The van der Waals surface area contributed by atoms with Crippen LogP contribution in [0.3, 0.4) is 0 Å². The van der Waals surface area contributed by atoms with Crippen LogP contribution in [0.25, 0.3) is 17.1 Å². The first-order valence-corrected chi connectivity index (χ1v) is 32.3. The van der Waals surface area contributed by atoms with Crippen LogP contribution in [0.15, 0.2) is 213 Å². The Hall–Kier alpha value is -10.9. The van der Waals surface area contributed by atoms with Crippen molar-refractivity contribution in [1.29, 1.82) is 0 Å². The third-order valence-corrected chi connectivity index (χ3v) is 15.8. The molecular formula is C71H59Cl6N11O13. The number of carboxylic acids is 1. The highest BCUT2D eigenvalue weighted by Gasteiger charge is 2.24. The van der Waals surface area contributed by atoms with E-state index in [1.807, 2.05) is 133 Å². The summed E-state index contributed by atoms with van der Waals surface area (Å²) in [4.78, 5) is 54.1. The molecule has 0 aliphatic carbocycles. The van der Waals surface area contributed by atoms with Crippen LogP contribution in [0.2, 0.25) is 30.1 Å². The number of aromatic carboxylic acids is 1. The van der Waals surface area contributed by atoms with E-state index in [0.29, 0.717) is 56.4 Å². The van der Waals surface area contributed by atoms with Crippen molar-refractivity contribution in [2.24, 2.45) is 0 Å². The van der Waals surface area contributed by atoms with Crippen LogP contribution in [-0.4, -0.2) is 108 Å². The predicted molar refractivity (Wildman–Crippen MR) is 379 cm³/mol. The van der Waals surface area contributed by atoms with Crippen LogP contribution in [0.4, 0.5) is 0 Å². The van der Waals surface area contributed by atoms with Crippen molar-refractivity contribution in [3.8, 4) is 68.8 Å². The van der Waals surface area contributed by atoms with E-state index in [-0.39, 0.29) is 87.7 Å². The Kier molecular flexibility index (Phi) is 25.0. The average molecular weight is 1490 g/mol. The smallest absolute Gasteiger partial charge is 0.375 e. The number of phenolic OH excluding ortho intramolecular Hbond substituents is 1. The number of rotatable bonds is 24. The number of para-hydroxylation sites is 2. The zero-order valence-corrected chi connectivity index (χ0v) is 57.9. The van der Waals surface area contributed by atoms with Crippen LogP contribution >= 0.6 is 69.6 Å². The average Bonchev–Trinajstić information content (AvgIpc) is 1.63. The van der Waals surface area contributed by atoms with Gasteiger partial charge in [-0.1, -0.05) is 155 Å². The molecule has 2 amide bonds. The van der Waals surface area contributed by atoms with Gasteiger partial charge in [-0.2, -0.15) is 0 Å². The lowest BCUT2D eigenvalue weighted by atomic mass is 10.2. The van der Waals surface area contributed by atoms with Gasteiger partial charge in [0.2, 0.25) is 11.6 Å². The molecule has 12 rings (SSSR count). The number of hydrogen-bond donors (Lipinski definition) is 3. The number of aromatic hydroxyl groups is 1. The summed E-state index contributed by atoms with van der Waals surface area (Å²) in [5, 5.41) is 44.2. The first-order valence-electron chi connectivity index (χ1n) is 30.1. The maximum Gasteiger partial charge on any atom is 0.375 e. The van der Waals surface area contributed by atoms with Gasteiger partial charge in [-0.05, 0) is 138 Å². The molecule has 3 N–H and O–H groups in total. The Balaban J connectivity index is 0.000000182. The molecule has 0 bridgehead atoms. The largest absolute Gasteiger partial charge is 0.505 e. The first kappa shape index (κ1) is 72.8.